The molecule has 5 heteroatoms. The zero-order valence-corrected chi connectivity index (χ0v) is 14.4. The first-order valence-corrected chi connectivity index (χ1v) is 8.95. The van der Waals surface area contributed by atoms with Gasteiger partial charge in [-0.2, -0.15) is 0 Å². The van der Waals surface area contributed by atoms with Gasteiger partial charge in [-0.1, -0.05) is 24.3 Å². The highest BCUT2D eigenvalue weighted by Crippen LogP contribution is 2.19. The van der Waals surface area contributed by atoms with Gasteiger partial charge in [-0.15, -0.1) is 0 Å². The first kappa shape index (κ1) is 17.4. The van der Waals surface area contributed by atoms with E-state index in [0.717, 1.165) is 30.8 Å². The molecule has 0 unspecified atom stereocenters. The lowest BCUT2D eigenvalue weighted by Crippen LogP contribution is -2.29. The van der Waals surface area contributed by atoms with Gasteiger partial charge in [0.25, 0.3) is 0 Å². The molecule has 5 nitrogen and oxygen atoms in total. The Hall–Kier alpha value is -2.40. The molecule has 25 heavy (non-hydrogen) atoms. The molecule has 1 aromatic heterocycles. The van der Waals surface area contributed by atoms with Crippen LogP contribution in [0.4, 0.5) is 0 Å². The van der Waals surface area contributed by atoms with E-state index < -0.39 is 0 Å². The number of piperidine rings is 1. The van der Waals surface area contributed by atoms with Crippen molar-refractivity contribution < 1.29 is 9.53 Å². The molecular weight excluding hydrogens is 314 g/mol. The summed E-state index contributed by atoms with van der Waals surface area (Å²) >= 11 is 0. The highest BCUT2D eigenvalue weighted by Gasteiger charge is 2.14. The highest BCUT2D eigenvalue weighted by atomic mass is 16.5. The van der Waals surface area contributed by atoms with Crippen LogP contribution in [0, 0.1) is 5.92 Å². The van der Waals surface area contributed by atoms with Gasteiger partial charge >= 0.3 is 0 Å². The van der Waals surface area contributed by atoms with Crippen molar-refractivity contribution in [3.63, 3.8) is 0 Å². The molecule has 0 aliphatic carbocycles. The Bertz CT molecular complexity index is 652. The van der Waals surface area contributed by atoms with Crippen molar-refractivity contribution in [2.75, 3.05) is 13.1 Å². The smallest absolute Gasteiger partial charge is 0.220 e. The summed E-state index contributed by atoms with van der Waals surface area (Å²) in [6.45, 7) is 2.66. The van der Waals surface area contributed by atoms with Crippen LogP contribution in [0.2, 0.25) is 0 Å². The molecule has 0 radical (unpaired) electrons. The lowest BCUT2D eigenvalue weighted by molar-refractivity contribution is -0.121. The number of benzene rings is 1. The molecule has 1 amide bonds. The number of ether oxygens (including phenoxy) is 1. The third-order valence-electron chi connectivity index (χ3n) is 4.49. The highest BCUT2D eigenvalue weighted by molar-refractivity contribution is 5.75. The first-order chi connectivity index (χ1) is 12.3. The van der Waals surface area contributed by atoms with E-state index in [1.807, 2.05) is 42.5 Å². The second kappa shape index (κ2) is 9.18. The molecule has 2 N–H and O–H groups in total. The number of nitrogens with zero attached hydrogens (tertiary/aromatic N) is 1. The lowest BCUT2D eigenvalue weighted by atomic mass is 9.93. The molecule has 0 saturated carbocycles. The summed E-state index contributed by atoms with van der Waals surface area (Å²) in [5, 5.41) is 6.32. The second-order valence-corrected chi connectivity index (χ2v) is 6.43. The van der Waals surface area contributed by atoms with Crippen LogP contribution in [0.15, 0.2) is 48.7 Å². The molecule has 1 aliphatic rings. The number of hydrogen-bond acceptors (Lipinski definition) is 4. The fourth-order valence-corrected chi connectivity index (χ4v) is 2.98. The van der Waals surface area contributed by atoms with Gasteiger partial charge in [0, 0.05) is 25.2 Å². The maximum atomic E-state index is 12.0. The van der Waals surface area contributed by atoms with Crippen LogP contribution in [-0.2, 0) is 11.3 Å². The number of para-hydroxylation sites is 1. The van der Waals surface area contributed by atoms with Crippen LogP contribution in [0.25, 0.3) is 0 Å². The Labute approximate surface area is 148 Å². The molecule has 1 aliphatic heterocycles. The van der Waals surface area contributed by atoms with Crippen molar-refractivity contribution in [1.82, 2.24) is 15.6 Å². The monoisotopic (exact) mass is 339 g/mol. The van der Waals surface area contributed by atoms with Crippen molar-refractivity contribution in [1.29, 1.82) is 0 Å². The predicted octanol–water partition coefficient (Wildman–Crippen LogP) is 3.27. The fraction of sp³-hybridized carbons (Fsp3) is 0.400. The molecule has 1 saturated heterocycles. The van der Waals surface area contributed by atoms with E-state index in [0.29, 0.717) is 24.8 Å². The number of aromatic nitrogens is 1. The fourth-order valence-electron chi connectivity index (χ4n) is 2.98. The molecule has 3 rings (SSSR count). The SMILES string of the molecule is O=C(CCC1CCNCC1)NCc1ccc(Oc2ccccc2)nc1. The molecule has 132 valence electrons. The molecule has 0 bridgehead atoms. The third-order valence-corrected chi connectivity index (χ3v) is 4.49. The summed E-state index contributed by atoms with van der Waals surface area (Å²) in [4.78, 5) is 16.3. The number of hydrogen-bond donors (Lipinski definition) is 2. The van der Waals surface area contributed by atoms with Crippen LogP contribution in [0.1, 0.15) is 31.2 Å². The van der Waals surface area contributed by atoms with Crippen molar-refractivity contribution in [3.05, 3.63) is 54.2 Å². The number of nitrogens with one attached hydrogen (secondary N) is 2. The zero-order chi connectivity index (χ0) is 17.3. The summed E-state index contributed by atoms with van der Waals surface area (Å²) in [6, 6.07) is 13.3. The predicted molar refractivity (Wildman–Crippen MR) is 97.4 cm³/mol. The van der Waals surface area contributed by atoms with E-state index in [2.05, 4.69) is 15.6 Å². The van der Waals surface area contributed by atoms with Gasteiger partial charge in [0.1, 0.15) is 5.75 Å². The van der Waals surface area contributed by atoms with Gasteiger partial charge in [0.15, 0.2) is 0 Å². The summed E-state index contributed by atoms with van der Waals surface area (Å²) < 4.78 is 5.66. The van der Waals surface area contributed by atoms with Crippen LogP contribution in [0.5, 0.6) is 11.6 Å². The number of carbonyl (C=O) groups excluding carboxylic acids is 1. The second-order valence-electron chi connectivity index (χ2n) is 6.43. The summed E-state index contributed by atoms with van der Waals surface area (Å²) in [7, 11) is 0. The standard InChI is InChI=1S/C20H25N3O2/c24-19(8-6-16-10-12-21-13-11-16)22-14-17-7-9-20(23-15-17)25-18-4-2-1-3-5-18/h1-5,7,9,15-16,21H,6,8,10-14H2,(H,22,24). The quantitative estimate of drug-likeness (QED) is 0.813. The topological polar surface area (TPSA) is 63.2 Å². The molecule has 2 heterocycles. The Balaban J connectivity index is 1.39. The van der Waals surface area contributed by atoms with E-state index >= 15 is 0 Å². The molecular formula is C20H25N3O2. The largest absolute Gasteiger partial charge is 0.439 e. The number of pyridine rings is 1. The average Bonchev–Trinajstić information content (AvgIpc) is 2.67. The van der Waals surface area contributed by atoms with E-state index in [1.54, 1.807) is 6.20 Å². The third kappa shape index (κ3) is 5.87. The Morgan fingerprint density at radius 3 is 2.68 bits per heavy atom. The Kier molecular flexibility index (Phi) is 6.40. The van der Waals surface area contributed by atoms with E-state index in [-0.39, 0.29) is 5.91 Å². The molecule has 2 aromatic rings. The first-order valence-electron chi connectivity index (χ1n) is 8.95. The van der Waals surface area contributed by atoms with Crippen molar-refractivity contribution in [3.8, 4) is 11.6 Å². The van der Waals surface area contributed by atoms with Gasteiger partial charge in [0.2, 0.25) is 11.8 Å². The zero-order valence-electron chi connectivity index (χ0n) is 14.4. The summed E-state index contributed by atoms with van der Waals surface area (Å²) in [6.07, 6.45) is 5.69. The molecule has 0 atom stereocenters. The number of amides is 1. The van der Waals surface area contributed by atoms with E-state index in [1.165, 1.54) is 12.8 Å². The van der Waals surface area contributed by atoms with Crippen LogP contribution in [-0.4, -0.2) is 24.0 Å². The Morgan fingerprint density at radius 1 is 1.16 bits per heavy atom. The molecule has 1 fully saturated rings. The summed E-state index contributed by atoms with van der Waals surface area (Å²) in [5.41, 5.74) is 0.968. The van der Waals surface area contributed by atoms with E-state index in [9.17, 15) is 4.79 Å². The number of carbonyl (C=O) groups is 1. The maximum Gasteiger partial charge on any atom is 0.220 e. The summed E-state index contributed by atoms with van der Waals surface area (Å²) in [5.74, 6) is 2.10. The number of rotatable bonds is 7. The average molecular weight is 339 g/mol. The van der Waals surface area contributed by atoms with E-state index in [4.69, 9.17) is 4.74 Å². The van der Waals surface area contributed by atoms with Gasteiger partial charge in [-0.25, -0.2) is 4.98 Å². The normalized spacial score (nSPS) is 14.9. The van der Waals surface area contributed by atoms with Crippen LogP contribution in [0.3, 0.4) is 0 Å². The van der Waals surface area contributed by atoms with Crippen molar-refractivity contribution in [2.45, 2.75) is 32.2 Å². The lowest BCUT2D eigenvalue weighted by Gasteiger charge is -2.22. The van der Waals surface area contributed by atoms with Gasteiger partial charge in [0.05, 0.1) is 0 Å². The van der Waals surface area contributed by atoms with Crippen LogP contribution >= 0.6 is 0 Å². The van der Waals surface area contributed by atoms with Gasteiger partial charge in [-0.05, 0) is 56.0 Å². The van der Waals surface area contributed by atoms with Crippen molar-refractivity contribution >= 4 is 5.91 Å². The van der Waals surface area contributed by atoms with Crippen molar-refractivity contribution in [2.24, 2.45) is 5.92 Å². The molecule has 0 spiro atoms. The van der Waals surface area contributed by atoms with Crippen LogP contribution < -0.4 is 15.4 Å². The maximum absolute atomic E-state index is 12.0. The van der Waals surface area contributed by atoms with Gasteiger partial charge in [-0.3, -0.25) is 4.79 Å². The minimum Gasteiger partial charge on any atom is -0.439 e. The van der Waals surface area contributed by atoms with Gasteiger partial charge < -0.3 is 15.4 Å². The Morgan fingerprint density at radius 2 is 1.96 bits per heavy atom. The molecule has 1 aromatic carbocycles. The minimum atomic E-state index is 0.114. The minimum absolute atomic E-state index is 0.114.